The zero-order chi connectivity index (χ0) is 16.2. The molecule has 0 radical (unpaired) electrons. The van der Waals surface area contributed by atoms with Gasteiger partial charge in [-0.25, -0.2) is 4.98 Å². The molecule has 1 saturated heterocycles. The van der Waals surface area contributed by atoms with Gasteiger partial charge in [0.1, 0.15) is 0 Å². The maximum absolute atomic E-state index is 12.4. The van der Waals surface area contributed by atoms with Gasteiger partial charge in [0.15, 0.2) is 0 Å². The lowest BCUT2D eigenvalue weighted by atomic mass is 9.99. The number of amides is 1. The molecular weight excluding hydrogens is 379 g/mol. The Kier molecular flexibility index (Phi) is 9.67. The highest BCUT2D eigenvalue weighted by Crippen LogP contribution is 2.27. The maximum atomic E-state index is 12.4. The van der Waals surface area contributed by atoms with Gasteiger partial charge in [0.2, 0.25) is 5.91 Å². The van der Waals surface area contributed by atoms with Crippen molar-refractivity contribution in [3.05, 3.63) is 16.1 Å². The predicted molar refractivity (Wildman–Crippen MR) is 108 cm³/mol. The molecule has 8 heteroatoms. The normalized spacial score (nSPS) is 23.8. The van der Waals surface area contributed by atoms with Crippen LogP contribution in [0.4, 0.5) is 0 Å². The Balaban J connectivity index is 0.00000156. The highest BCUT2D eigenvalue weighted by Gasteiger charge is 2.29. The maximum Gasteiger partial charge on any atom is 0.222 e. The Morgan fingerprint density at radius 3 is 2.56 bits per heavy atom. The zero-order valence-corrected chi connectivity index (χ0v) is 17.3. The molecule has 1 aromatic rings. The third kappa shape index (κ3) is 6.07. The molecule has 2 heterocycles. The number of nitrogens with two attached hydrogens (primary N) is 1. The summed E-state index contributed by atoms with van der Waals surface area (Å²) in [6.45, 7) is 6.62. The largest absolute Gasteiger partial charge is 0.340 e. The van der Waals surface area contributed by atoms with Gasteiger partial charge in [-0.2, -0.15) is 0 Å². The second-order valence-electron chi connectivity index (χ2n) is 6.80. The van der Waals surface area contributed by atoms with E-state index in [-0.39, 0.29) is 30.9 Å². The van der Waals surface area contributed by atoms with E-state index in [1.54, 1.807) is 11.3 Å². The molecule has 2 fully saturated rings. The minimum Gasteiger partial charge on any atom is -0.340 e. The van der Waals surface area contributed by atoms with Gasteiger partial charge >= 0.3 is 0 Å². The molecule has 0 unspecified atom stereocenters. The fourth-order valence-corrected chi connectivity index (χ4v) is 4.38. The minimum absolute atomic E-state index is 0. The number of piperazine rings is 1. The van der Waals surface area contributed by atoms with Gasteiger partial charge in [0.25, 0.3) is 0 Å². The number of aryl methyl sites for hydroxylation is 1. The van der Waals surface area contributed by atoms with Crippen LogP contribution in [0.25, 0.3) is 0 Å². The number of thiazole rings is 1. The molecule has 1 aliphatic carbocycles. The Bertz CT molecular complexity index is 534. The van der Waals surface area contributed by atoms with Gasteiger partial charge in [-0.3, -0.25) is 9.69 Å². The van der Waals surface area contributed by atoms with Crippen LogP contribution in [0.3, 0.4) is 0 Å². The molecule has 1 saturated carbocycles. The van der Waals surface area contributed by atoms with Crippen LogP contribution in [0.15, 0.2) is 5.38 Å². The van der Waals surface area contributed by atoms with Crippen molar-refractivity contribution in [3.63, 3.8) is 0 Å². The number of hydrogen-bond acceptors (Lipinski definition) is 5. The first-order chi connectivity index (χ1) is 11.2. The molecule has 1 amide bonds. The fraction of sp³-hybridized carbons (Fsp3) is 0.765. The first-order valence-electron chi connectivity index (χ1n) is 8.84. The van der Waals surface area contributed by atoms with Gasteiger partial charge in [-0.05, 0) is 25.2 Å². The summed E-state index contributed by atoms with van der Waals surface area (Å²) in [7, 11) is 0. The molecule has 1 aromatic heterocycles. The van der Waals surface area contributed by atoms with Crippen LogP contribution < -0.4 is 5.73 Å². The van der Waals surface area contributed by atoms with E-state index in [0.29, 0.717) is 18.2 Å². The molecule has 2 N–H and O–H groups in total. The summed E-state index contributed by atoms with van der Waals surface area (Å²) in [5.74, 6) is 0.705. The molecular formula is C17H30Cl2N4OS. The lowest BCUT2D eigenvalue weighted by Crippen LogP contribution is -2.49. The van der Waals surface area contributed by atoms with E-state index in [1.165, 1.54) is 17.1 Å². The summed E-state index contributed by atoms with van der Waals surface area (Å²) >= 11 is 1.75. The van der Waals surface area contributed by atoms with E-state index in [2.05, 4.69) is 22.2 Å². The molecule has 2 atom stereocenters. The first kappa shape index (κ1) is 22.6. The number of nitrogens with zero attached hydrogens (tertiary/aromatic N) is 3. The number of hydrogen-bond donors (Lipinski definition) is 1. The van der Waals surface area contributed by atoms with Crippen molar-refractivity contribution in [1.29, 1.82) is 0 Å². The van der Waals surface area contributed by atoms with E-state index in [9.17, 15) is 4.79 Å². The molecule has 5 nitrogen and oxygen atoms in total. The molecule has 1 aliphatic heterocycles. The fourth-order valence-electron chi connectivity index (χ4n) is 3.64. The van der Waals surface area contributed by atoms with Gasteiger partial charge < -0.3 is 10.6 Å². The number of aromatic nitrogens is 1. The Hall–Kier alpha value is -0.400. The summed E-state index contributed by atoms with van der Waals surface area (Å²) in [4.78, 5) is 21.5. The number of halogens is 2. The van der Waals surface area contributed by atoms with Gasteiger partial charge in [-0.15, -0.1) is 36.2 Å². The SMILES string of the molecule is CCc1nc(CN2CCN(C(=O)C[C@@H]3CCC[C@H]3N)CC2)cs1.Cl.Cl. The lowest BCUT2D eigenvalue weighted by molar-refractivity contribution is -0.134. The molecule has 0 bridgehead atoms. The second kappa shape index (κ2) is 10.7. The number of rotatable bonds is 5. The third-order valence-corrected chi connectivity index (χ3v) is 6.21. The van der Waals surface area contributed by atoms with Crippen molar-refractivity contribution in [2.45, 2.75) is 51.6 Å². The standard InChI is InChI=1S/C17H28N4OS.2ClH/c1-2-16-19-14(12-23-16)11-20-6-8-21(9-7-20)17(22)10-13-4-3-5-15(13)18;;/h12-13,15H,2-11,18H2,1H3;2*1H/t13-,15+;;/m0../s1. The van der Waals surface area contributed by atoms with Crippen molar-refractivity contribution in [3.8, 4) is 0 Å². The molecule has 0 aromatic carbocycles. The molecule has 25 heavy (non-hydrogen) atoms. The summed E-state index contributed by atoms with van der Waals surface area (Å²) in [6, 6.07) is 0.234. The summed E-state index contributed by atoms with van der Waals surface area (Å²) < 4.78 is 0. The van der Waals surface area contributed by atoms with Crippen LogP contribution in [0.1, 0.15) is 43.3 Å². The van der Waals surface area contributed by atoms with Crippen molar-refractivity contribution in [2.24, 2.45) is 11.7 Å². The summed E-state index contributed by atoms with van der Waals surface area (Å²) in [5.41, 5.74) is 7.26. The highest BCUT2D eigenvalue weighted by molar-refractivity contribution is 7.09. The quantitative estimate of drug-likeness (QED) is 0.813. The number of carbonyl (C=O) groups excluding carboxylic acids is 1. The van der Waals surface area contributed by atoms with Crippen LogP contribution >= 0.6 is 36.2 Å². The summed E-state index contributed by atoms with van der Waals surface area (Å²) in [5, 5.41) is 3.37. The van der Waals surface area contributed by atoms with Crippen molar-refractivity contribution < 1.29 is 4.79 Å². The average molecular weight is 409 g/mol. The van der Waals surface area contributed by atoms with E-state index in [4.69, 9.17) is 5.73 Å². The van der Waals surface area contributed by atoms with Gasteiger partial charge in [0, 0.05) is 50.6 Å². The van der Waals surface area contributed by atoms with Gasteiger partial charge in [0.05, 0.1) is 10.7 Å². The minimum atomic E-state index is 0. The number of carbonyl (C=O) groups is 1. The Labute approximate surface area is 167 Å². The van der Waals surface area contributed by atoms with E-state index >= 15 is 0 Å². The monoisotopic (exact) mass is 408 g/mol. The van der Waals surface area contributed by atoms with Crippen molar-refractivity contribution in [2.75, 3.05) is 26.2 Å². The van der Waals surface area contributed by atoms with E-state index < -0.39 is 0 Å². The zero-order valence-electron chi connectivity index (χ0n) is 14.9. The topological polar surface area (TPSA) is 62.5 Å². The van der Waals surface area contributed by atoms with Gasteiger partial charge in [-0.1, -0.05) is 13.3 Å². The molecule has 3 rings (SSSR count). The van der Waals surface area contributed by atoms with Crippen molar-refractivity contribution >= 4 is 42.1 Å². The summed E-state index contributed by atoms with van der Waals surface area (Å²) in [6.07, 6.45) is 5.04. The first-order valence-corrected chi connectivity index (χ1v) is 9.72. The average Bonchev–Trinajstić information content (AvgIpc) is 3.17. The predicted octanol–water partition coefficient (Wildman–Crippen LogP) is 2.71. The molecule has 2 aliphatic rings. The Morgan fingerprint density at radius 1 is 1.28 bits per heavy atom. The van der Waals surface area contributed by atoms with Crippen LogP contribution in [0.5, 0.6) is 0 Å². The van der Waals surface area contributed by atoms with E-state index in [1.807, 2.05) is 4.90 Å². The highest BCUT2D eigenvalue weighted by atomic mass is 35.5. The Morgan fingerprint density at radius 2 is 2.00 bits per heavy atom. The van der Waals surface area contributed by atoms with Crippen LogP contribution in [0, 0.1) is 5.92 Å². The third-order valence-electron chi connectivity index (χ3n) is 5.17. The van der Waals surface area contributed by atoms with Crippen LogP contribution in [-0.2, 0) is 17.8 Å². The van der Waals surface area contributed by atoms with Crippen LogP contribution in [-0.4, -0.2) is 52.9 Å². The van der Waals surface area contributed by atoms with E-state index in [0.717, 1.165) is 52.0 Å². The molecule has 144 valence electrons. The smallest absolute Gasteiger partial charge is 0.222 e. The van der Waals surface area contributed by atoms with Crippen molar-refractivity contribution in [1.82, 2.24) is 14.8 Å². The molecule has 0 spiro atoms. The lowest BCUT2D eigenvalue weighted by Gasteiger charge is -2.35. The second-order valence-corrected chi connectivity index (χ2v) is 7.74. The van der Waals surface area contributed by atoms with Crippen LogP contribution in [0.2, 0.25) is 0 Å².